The van der Waals surface area contributed by atoms with Crippen molar-refractivity contribution >= 4 is 5.97 Å². The van der Waals surface area contributed by atoms with Crippen LogP contribution in [0.5, 0.6) is 0 Å². The van der Waals surface area contributed by atoms with Gasteiger partial charge in [0.2, 0.25) is 0 Å². The highest BCUT2D eigenvalue weighted by Crippen LogP contribution is 2.32. The van der Waals surface area contributed by atoms with E-state index in [-0.39, 0.29) is 6.42 Å². The summed E-state index contributed by atoms with van der Waals surface area (Å²) in [4.78, 5) is 13.5. The molecule has 0 aliphatic rings. The van der Waals surface area contributed by atoms with Gasteiger partial charge in [-0.15, -0.1) is 0 Å². The first-order valence-corrected chi connectivity index (χ1v) is 6.93. The minimum Gasteiger partial charge on any atom is -0.481 e. The van der Waals surface area contributed by atoms with Gasteiger partial charge in [-0.05, 0) is 43.0 Å². The lowest BCUT2D eigenvalue weighted by molar-refractivity contribution is -0.138. The van der Waals surface area contributed by atoms with E-state index >= 15 is 0 Å². The van der Waals surface area contributed by atoms with Crippen LogP contribution in [0.4, 0.5) is 13.2 Å². The molecule has 1 heterocycles. The van der Waals surface area contributed by atoms with Gasteiger partial charge < -0.3 is 10.1 Å². The number of aromatic amines is 1. The highest BCUT2D eigenvalue weighted by atomic mass is 19.4. The lowest BCUT2D eigenvalue weighted by atomic mass is 10.0. The van der Waals surface area contributed by atoms with Gasteiger partial charge in [0.25, 0.3) is 0 Å². The van der Waals surface area contributed by atoms with Crippen molar-refractivity contribution in [3.8, 4) is 11.1 Å². The highest BCUT2D eigenvalue weighted by molar-refractivity contribution is 5.67. The Kier molecular flexibility index (Phi) is 4.90. The molecule has 3 nitrogen and oxygen atoms in total. The average Bonchev–Trinajstić information content (AvgIpc) is 2.91. The van der Waals surface area contributed by atoms with Gasteiger partial charge in [0, 0.05) is 23.9 Å². The topological polar surface area (TPSA) is 53.1 Å². The summed E-state index contributed by atoms with van der Waals surface area (Å²) in [6, 6.07) is 6.85. The zero-order valence-electron chi connectivity index (χ0n) is 11.8. The lowest BCUT2D eigenvalue weighted by Crippen LogP contribution is -2.04. The van der Waals surface area contributed by atoms with Gasteiger partial charge in [-0.3, -0.25) is 4.79 Å². The number of halogens is 3. The molecule has 2 N–H and O–H groups in total. The fraction of sp³-hybridized carbons (Fsp3) is 0.312. The van der Waals surface area contributed by atoms with Crippen molar-refractivity contribution in [2.45, 2.75) is 31.9 Å². The van der Waals surface area contributed by atoms with Crippen molar-refractivity contribution in [2.24, 2.45) is 0 Å². The monoisotopic (exact) mass is 311 g/mol. The molecule has 0 unspecified atom stereocenters. The largest absolute Gasteiger partial charge is 0.481 e. The Bertz CT molecular complexity index is 630. The summed E-state index contributed by atoms with van der Waals surface area (Å²) in [7, 11) is 0. The molecule has 2 aromatic rings. The second-order valence-corrected chi connectivity index (χ2v) is 5.05. The van der Waals surface area contributed by atoms with E-state index in [0.717, 1.165) is 23.4 Å². The Morgan fingerprint density at radius 1 is 1.09 bits per heavy atom. The van der Waals surface area contributed by atoms with Gasteiger partial charge in [0.15, 0.2) is 0 Å². The van der Waals surface area contributed by atoms with Crippen molar-refractivity contribution in [3.05, 3.63) is 47.8 Å². The SMILES string of the molecule is O=C(O)CCCCc1[nH]ccc1-c1ccc(C(F)(F)F)cc1. The van der Waals surface area contributed by atoms with Gasteiger partial charge in [-0.2, -0.15) is 13.2 Å². The van der Waals surface area contributed by atoms with Crippen molar-refractivity contribution in [3.63, 3.8) is 0 Å². The molecule has 0 bridgehead atoms. The van der Waals surface area contributed by atoms with Crippen LogP contribution in [0.15, 0.2) is 36.5 Å². The summed E-state index contributed by atoms with van der Waals surface area (Å²) < 4.78 is 37.7. The summed E-state index contributed by atoms with van der Waals surface area (Å²) >= 11 is 0. The first-order valence-electron chi connectivity index (χ1n) is 6.93. The van der Waals surface area contributed by atoms with E-state index < -0.39 is 17.7 Å². The van der Waals surface area contributed by atoms with E-state index in [4.69, 9.17) is 5.11 Å². The Labute approximate surface area is 125 Å². The molecule has 0 aliphatic heterocycles. The molecule has 0 fully saturated rings. The molecule has 0 saturated carbocycles. The zero-order chi connectivity index (χ0) is 16.2. The van der Waals surface area contributed by atoms with E-state index in [1.807, 2.05) is 6.07 Å². The molecule has 0 aliphatic carbocycles. The highest BCUT2D eigenvalue weighted by Gasteiger charge is 2.30. The number of hydrogen-bond acceptors (Lipinski definition) is 1. The van der Waals surface area contributed by atoms with Crippen LogP contribution in [0, 0.1) is 0 Å². The molecule has 0 atom stereocenters. The second-order valence-electron chi connectivity index (χ2n) is 5.05. The van der Waals surface area contributed by atoms with E-state index in [1.54, 1.807) is 6.20 Å². The van der Waals surface area contributed by atoms with Gasteiger partial charge in [-0.1, -0.05) is 12.1 Å². The molecule has 22 heavy (non-hydrogen) atoms. The molecule has 6 heteroatoms. The third-order valence-electron chi connectivity index (χ3n) is 3.42. The molecular formula is C16H16F3NO2. The number of carbonyl (C=O) groups is 1. The van der Waals surface area contributed by atoms with Crippen molar-refractivity contribution in [1.82, 2.24) is 4.98 Å². The first kappa shape index (κ1) is 16.1. The molecule has 0 radical (unpaired) electrons. The lowest BCUT2D eigenvalue weighted by Gasteiger charge is -2.08. The summed E-state index contributed by atoms with van der Waals surface area (Å²) in [5, 5.41) is 8.60. The van der Waals surface area contributed by atoms with Gasteiger partial charge >= 0.3 is 12.1 Å². The summed E-state index contributed by atoms with van der Waals surface area (Å²) in [6.07, 6.45) is -0.538. The van der Waals surface area contributed by atoms with Crippen LogP contribution in [-0.4, -0.2) is 16.1 Å². The second kappa shape index (κ2) is 6.68. The van der Waals surface area contributed by atoms with Gasteiger partial charge in [0.05, 0.1) is 5.56 Å². The van der Waals surface area contributed by atoms with E-state index in [0.29, 0.717) is 24.8 Å². The fourth-order valence-electron chi connectivity index (χ4n) is 2.30. The summed E-state index contributed by atoms with van der Waals surface area (Å²) in [5.41, 5.74) is 1.80. The number of carboxylic acid groups (broad SMARTS) is 1. The number of H-pyrrole nitrogens is 1. The number of carboxylic acids is 1. The summed E-state index contributed by atoms with van der Waals surface area (Å²) in [6.45, 7) is 0. The molecule has 2 rings (SSSR count). The quantitative estimate of drug-likeness (QED) is 0.772. The van der Waals surface area contributed by atoms with Crippen molar-refractivity contribution < 1.29 is 23.1 Å². The maximum atomic E-state index is 12.6. The molecule has 0 amide bonds. The maximum Gasteiger partial charge on any atom is 0.416 e. The van der Waals surface area contributed by atoms with Crippen LogP contribution in [0.1, 0.15) is 30.5 Å². The van der Waals surface area contributed by atoms with E-state index in [2.05, 4.69) is 4.98 Å². The van der Waals surface area contributed by atoms with E-state index in [9.17, 15) is 18.0 Å². The number of unbranched alkanes of at least 4 members (excludes halogenated alkanes) is 1. The minimum absolute atomic E-state index is 0.121. The van der Waals surface area contributed by atoms with Crippen LogP contribution in [0.3, 0.4) is 0 Å². The zero-order valence-corrected chi connectivity index (χ0v) is 11.8. The van der Waals surface area contributed by atoms with E-state index in [1.165, 1.54) is 12.1 Å². The minimum atomic E-state index is -4.34. The molecule has 0 saturated heterocycles. The molecule has 0 spiro atoms. The standard InChI is InChI=1S/C16H16F3NO2/c17-16(18,19)12-7-5-11(6-8-12)13-9-10-20-14(13)3-1-2-4-15(21)22/h5-10,20H,1-4H2,(H,21,22). The predicted molar refractivity (Wildman–Crippen MR) is 76.4 cm³/mol. The Hall–Kier alpha value is -2.24. The van der Waals surface area contributed by atoms with Crippen LogP contribution >= 0.6 is 0 Å². The third kappa shape index (κ3) is 4.13. The fourth-order valence-corrected chi connectivity index (χ4v) is 2.30. The normalized spacial score (nSPS) is 11.6. The van der Waals surface area contributed by atoms with Crippen LogP contribution in [0.2, 0.25) is 0 Å². The molecular weight excluding hydrogens is 295 g/mol. The number of rotatable bonds is 6. The molecule has 118 valence electrons. The third-order valence-corrected chi connectivity index (χ3v) is 3.42. The predicted octanol–water partition coefficient (Wildman–Crippen LogP) is 4.50. The number of benzene rings is 1. The van der Waals surface area contributed by atoms with Crippen molar-refractivity contribution in [2.75, 3.05) is 0 Å². The number of alkyl halides is 3. The Morgan fingerprint density at radius 2 is 1.77 bits per heavy atom. The van der Waals surface area contributed by atoms with Crippen LogP contribution in [-0.2, 0) is 17.4 Å². The number of nitrogens with one attached hydrogen (secondary N) is 1. The average molecular weight is 311 g/mol. The Balaban J connectivity index is 2.07. The number of aliphatic carboxylic acids is 1. The van der Waals surface area contributed by atoms with Crippen LogP contribution < -0.4 is 0 Å². The molecule has 1 aromatic carbocycles. The Morgan fingerprint density at radius 3 is 2.36 bits per heavy atom. The first-order chi connectivity index (χ1) is 10.4. The van der Waals surface area contributed by atoms with Gasteiger partial charge in [-0.25, -0.2) is 0 Å². The molecule has 1 aromatic heterocycles. The smallest absolute Gasteiger partial charge is 0.416 e. The number of hydrogen-bond donors (Lipinski definition) is 2. The number of aryl methyl sites for hydroxylation is 1. The number of aromatic nitrogens is 1. The maximum absolute atomic E-state index is 12.6. The van der Waals surface area contributed by atoms with Gasteiger partial charge in [0.1, 0.15) is 0 Å². The van der Waals surface area contributed by atoms with Crippen molar-refractivity contribution in [1.29, 1.82) is 0 Å². The summed E-state index contributed by atoms with van der Waals surface area (Å²) in [5.74, 6) is -0.825. The van der Waals surface area contributed by atoms with Crippen LogP contribution in [0.25, 0.3) is 11.1 Å².